The van der Waals surface area contributed by atoms with E-state index in [0.717, 1.165) is 5.56 Å². The van der Waals surface area contributed by atoms with Crippen molar-refractivity contribution in [3.8, 4) is 17.2 Å². The van der Waals surface area contributed by atoms with Crippen LogP contribution >= 0.6 is 0 Å². The van der Waals surface area contributed by atoms with Crippen molar-refractivity contribution in [3.63, 3.8) is 0 Å². The molecule has 0 saturated heterocycles. The zero-order valence-electron chi connectivity index (χ0n) is 15.8. The summed E-state index contributed by atoms with van der Waals surface area (Å²) in [5.74, 6) is 1.03. The minimum Gasteiger partial charge on any atom is -0.489 e. The van der Waals surface area contributed by atoms with Gasteiger partial charge in [-0.2, -0.15) is 0 Å². The number of ketones is 1. The summed E-state index contributed by atoms with van der Waals surface area (Å²) in [4.78, 5) is 24.8. The number of carbonyl (C=O) groups excluding carboxylic acids is 2. The number of anilines is 1. The van der Waals surface area contributed by atoms with Crippen molar-refractivity contribution in [1.82, 2.24) is 0 Å². The van der Waals surface area contributed by atoms with E-state index in [4.69, 9.17) is 14.2 Å². The maximum Gasteiger partial charge on any atom is 0.255 e. The largest absolute Gasteiger partial charge is 0.489 e. The molecule has 0 atom stereocenters. The number of ether oxygens (including phenoxy) is 3. The summed E-state index contributed by atoms with van der Waals surface area (Å²) >= 11 is 0. The summed E-state index contributed by atoms with van der Waals surface area (Å²) in [5.41, 5.74) is 2.19. The van der Waals surface area contributed by atoms with Crippen LogP contribution in [-0.2, 0) is 6.61 Å². The van der Waals surface area contributed by atoms with Gasteiger partial charge in [0.25, 0.3) is 5.91 Å². The molecule has 0 aliphatic carbocycles. The molecule has 4 rings (SSSR count). The molecule has 1 aliphatic heterocycles. The van der Waals surface area contributed by atoms with E-state index in [0.29, 0.717) is 40.7 Å². The van der Waals surface area contributed by atoms with Gasteiger partial charge < -0.3 is 19.5 Å². The van der Waals surface area contributed by atoms with Crippen LogP contribution in [0.1, 0.15) is 33.2 Å². The SMILES string of the molecule is CC(=O)c1cc2c(cc1NC(=O)c1cccc(OCc3ccccc3)c1)OCO2. The van der Waals surface area contributed by atoms with Gasteiger partial charge in [0.05, 0.1) is 5.69 Å². The minimum absolute atomic E-state index is 0.0882. The van der Waals surface area contributed by atoms with Crippen LogP contribution in [0.2, 0.25) is 0 Å². The highest BCUT2D eigenvalue weighted by Gasteiger charge is 2.21. The molecule has 0 bridgehead atoms. The van der Waals surface area contributed by atoms with Crippen LogP contribution in [0.3, 0.4) is 0 Å². The molecule has 0 fully saturated rings. The molecule has 0 radical (unpaired) electrons. The number of rotatable bonds is 6. The molecule has 146 valence electrons. The smallest absolute Gasteiger partial charge is 0.255 e. The Bertz CT molecular complexity index is 1060. The van der Waals surface area contributed by atoms with Gasteiger partial charge in [-0.1, -0.05) is 36.4 Å². The van der Waals surface area contributed by atoms with E-state index >= 15 is 0 Å². The van der Waals surface area contributed by atoms with E-state index in [1.54, 1.807) is 36.4 Å². The van der Waals surface area contributed by atoms with Crippen molar-refractivity contribution in [2.24, 2.45) is 0 Å². The highest BCUT2D eigenvalue weighted by Crippen LogP contribution is 2.37. The van der Waals surface area contributed by atoms with Crippen molar-refractivity contribution in [1.29, 1.82) is 0 Å². The molecular weight excluding hydrogens is 370 g/mol. The first-order valence-electron chi connectivity index (χ1n) is 9.13. The van der Waals surface area contributed by atoms with Gasteiger partial charge in [0.1, 0.15) is 12.4 Å². The Labute approximate surface area is 168 Å². The van der Waals surface area contributed by atoms with Gasteiger partial charge in [-0.05, 0) is 36.8 Å². The Morgan fingerprint density at radius 3 is 2.48 bits per heavy atom. The third-order valence-corrected chi connectivity index (χ3v) is 4.48. The third kappa shape index (κ3) is 4.21. The molecule has 1 amide bonds. The molecule has 6 heteroatoms. The van der Waals surface area contributed by atoms with E-state index < -0.39 is 0 Å². The van der Waals surface area contributed by atoms with Crippen LogP contribution < -0.4 is 19.5 Å². The second kappa shape index (κ2) is 8.06. The molecule has 3 aromatic rings. The maximum atomic E-state index is 12.8. The van der Waals surface area contributed by atoms with E-state index in [1.165, 1.54) is 6.92 Å². The standard InChI is InChI=1S/C23H19NO5/c1-15(25)19-11-21-22(29-14-28-21)12-20(19)24-23(26)17-8-5-9-18(10-17)27-13-16-6-3-2-4-7-16/h2-12H,13-14H2,1H3,(H,24,26). The van der Waals surface area contributed by atoms with Crippen molar-refractivity contribution in [2.75, 3.05) is 12.1 Å². The molecule has 3 aromatic carbocycles. The predicted molar refractivity (Wildman–Crippen MR) is 108 cm³/mol. The molecular formula is C23H19NO5. The fraction of sp³-hybridized carbons (Fsp3) is 0.130. The Kier molecular flexibility index (Phi) is 5.16. The number of carbonyl (C=O) groups is 2. The topological polar surface area (TPSA) is 73.9 Å². The average Bonchev–Trinajstić information content (AvgIpc) is 3.20. The number of nitrogens with one attached hydrogen (secondary N) is 1. The summed E-state index contributed by atoms with van der Waals surface area (Å²) in [7, 11) is 0. The van der Waals surface area contributed by atoms with Crippen molar-refractivity contribution in [2.45, 2.75) is 13.5 Å². The van der Waals surface area contributed by atoms with Crippen LogP contribution in [-0.4, -0.2) is 18.5 Å². The fourth-order valence-electron chi connectivity index (χ4n) is 3.00. The van der Waals surface area contributed by atoms with Gasteiger partial charge in [-0.3, -0.25) is 9.59 Å². The van der Waals surface area contributed by atoms with Gasteiger partial charge in [-0.25, -0.2) is 0 Å². The molecule has 0 unspecified atom stereocenters. The number of hydrogen-bond donors (Lipinski definition) is 1. The fourth-order valence-corrected chi connectivity index (χ4v) is 3.00. The Morgan fingerprint density at radius 1 is 0.966 bits per heavy atom. The molecule has 0 aromatic heterocycles. The van der Waals surface area contributed by atoms with Crippen LogP contribution in [0.5, 0.6) is 17.2 Å². The summed E-state index contributed by atoms with van der Waals surface area (Å²) in [6.07, 6.45) is 0. The number of benzene rings is 3. The molecule has 1 N–H and O–H groups in total. The van der Waals surface area contributed by atoms with E-state index in [-0.39, 0.29) is 18.5 Å². The van der Waals surface area contributed by atoms with Crippen LogP contribution in [0.15, 0.2) is 66.7 Å². The molecule has 0 saturated carbocycles. The Morgan fingerprint density at radius 2 is 1.72 bits per heavy atom. The molecule has 1 aliphatic rings. The van der Waals surface area contributed by atoms with Crippen molar-refractivity contribution in [3.05, 3.63) is 83.4 Å². The number of amides is 1. The minimum atomic E-state index is -0.350. The Hall–Kier alpha value is -3.80. The van der Waals surface area contributed by atoms with Crippen molar-refractivity contribution < 1.29 is 23.8 Å². The lowest BCUT2D eigenvalue weighted by molar-refractivity contribution is 0.101. The number of hydrogen-bond acceptors (Lipinski definition) is 5. The summed E-state index contributed by atoms with van der Waals surface area (Å²) < 4.78 is 16.4. The Balaban J connectivity index is 1.51. The van der Waals surface area contributed by atoms with Gasteiger partial charge in [0, 0.05) is 17.2 Å². The van der Waals surface area contributed by atoms with E-state index in [9.17, 15) is 9.59 Å². The lowest BCUT2D eigenvalue weighted by Crippen LogP contribution is -2.14. The molecule has 6 nitrogen and oxygen atoms in total. The van der Waals surface area contributed by atoms with Crippen LogP contribution in [0.4, 0.5) is 5.69 Å². The van der Waals surface area contributed by atoms with Gasteiger partial charge in [0.2, 0.25) is 6.79 Å². The first kappa shape index (κ1) is 18.6. The third-order valence-electron chi connectivity index (χ3n) is 4.48. The van der Waals surface area contributed by atoms with Crippen molar-refractivity contribution >= 4 is 17.4 Å². The van der Waals surface area contributed by atoms with Gasteiger partial charge >= 0.3 is 0 Å². The summed E-state index contributed by atoms with van der Waals surface area (Å²) in [5, 5.41) is 2.79. The monoisotopic (exact) mass is 389 g/mol. The first-order valence-corrected chi connectivity index (χ1v) is 9.13. The highest BCUT2D eigenvalue weighted by atomic mass is 16.7. The van der Waals surface area contributed by atoms with Gasteiger partial charge in [-0.15, -0.1) is 0 Å². The summed E-state index contributed by atoms with van der Waals surface area (Å²) in [6.45, 7) is 1.93. The van der Waals surface area contributed by atoms with Crippen LogP contribution in [0, 0.1) is 0 Å². The normalized spacial score (nSPS) is 11.8. The van der Waals surface area contributed by atoms with Crippen LogP contribution in [0.25, 0.3) is 0 Å². The number of Topliss-reactive ketones (excluding diaryl/α,β-unsaturated/α-hetero) is 1. The lowest BCUT2D eigenvalue weighted by atomic mass is 10.1. The average molecular weight is 389 g/mol. The lowest BCUT2D eigenvalue weighted by Gasteiger charge is -2.12. The highest BCUT2D eigenvalue weighted by molar-refractivity contribution is 6.09. The molecule has 29 heavy (non-hydrogen) atoms. The quantitative estimate of drug-likeness (QED) is 0.631. The second-order valence-corrected chi connectivity index (χ2v) is 6.56. The summed E-state index contributed by atoms with van der Waals surface area (Å²) in [6, 6.07) is 19.9. The van der Waals surface area contributed by atoms with E-state index in [2.05, 4.69) is 5.32 Å². The zero-order valence-corrected chi connectivity index (χ0v) is 15.8. The maximum absolute atomic E-state index is 12.8. The molecule has 1 heterocycles. The van der Waals surface area contributed by atoms with E-state index in [1.807, 2.05) is 30.3 Å². The second-order valence-electron chi connectivity index (χ2n) is 6.56. The predicted octanol–water partition coefficient (Wildman–Crippen LogP) is 4.45. The first-order chi connectivity index (χ1) is 14.1. The number of fused-ring (bicyclic) bond motifs is 1. The van der Waals surface area contributed by atoms with Gasteiger partial charge in [0.15, 0.2) is 17.3 Å². The molecule has 0 spiro atoms. The zero-order chi connectivity index (χ0) is 20.2.